The topological polar surface area (TPSA) is 48.8 Å². The van der Waals surface area contributed by atoms with E-state index in [4.69, 9.17) is 12.0 Å². The van der Waals surface area contributed by atoms with Crippen LogP contribution in [0.5, 0.6) is 0 Å². The third-order valence-corrected chi connectivity index (χ3v) is 1.69. The molecule has 0 spiro atoms. The summed E-state index contributed by atoms with van der Waals surface area (Å²) in [6, 6.07) is 9.26. The van der Waals surface area contributed by atoms with Crippen LogP contribution in [0.15, 0.2) is 35.4 Å². The van der Waals surface area contributed by atoms with Gasteiger partial charge in [0.15, 0.2) is 0 Å². The first kappa shape index (κ1) is 9.18. The van der Waals surface area contributed by atoms with Gasteiger partial charge in [0, 0.05) is 11.3 Å². The Bertz CT molecular complexity index is 344. The second-order valence-electron chi connectivity index (χ2n) is 2.54. The molecule has 0 saturated carbocycles. The van der Waals surface area contributed by atoms with Gasteiger partial charge < -0.3 is 0 Å². The number of azide groups is 1. The van der Waals surface area contributed by atoms with E-state index in [1.807, 2.05) is 30.3 Å². The van der Waals surface area contributed by atoms with Crippen molar-refractivity contribution in [2.24, 2.45) is 5.11 Å². The normalized spacial score (nSPS) is 11.0. The Kier molecular flexibility index (Phi) is 3.44. The van der Waals surface area contributed by atoms with Crippen LogP contribution in [0.25, 0.3) is 10.4 Å². The number of nitrogens with zero attached hydrogens (tertiary/aromatic N) is 3. The molecule has 0 radical (unpaired) electrons. The van der Waals surface area contributed by atoms with E-state index in [0.29, 0.717) is 6.42 Å². The van der Waals surface area contributed by atoms with Crippen LogP contribution in [0.4, 0.5) is 0 Å². The summed E-state index contributed by atoms with van der Waals surface area (Å²) >= 11 is 0. The van der Waals surface area contributed by atoms with Crippen molar-refractivity contribution in [1.82, 2.24) is 0 Å². The van der Waals surface area contributed by atoms with Gasteiger partial charge in [-0.15, -0.1) is 12.3 Å². The molecule has 64 valence electrons. The maximum atomic E-state index is 8.31. The first-order chi connectivity index (χ1) is 6.38. The first-order valence-electron chi connectivity index (χ1n) is 3.91. The fourth-order valence-corrected chi connectivity index (χ4v) is 1.07. The number of benzene rings is 1. The van der Waals surface area contributed by atoms with Crippen molar-refractivity contribution in [2.75, 3.05) is 0 Å². The molecule has 0 unspecified atom stereocenters. The van der Waals surface area contributed by atoms with Crippen molar-refractivity contribution >= 4 is 0 Å². The summed E-state index contributed by atoms with van der Waals surface area (Å²) in [6.07, 6.45) is 5.60. The third-order valence-electron chi connectivity index (χ3n) is 1.69. The summed E-state index contributed by atoms with van der Waals surface area (Å²) in [7, 11) is 0. The van der Waals surface area contributed by atoms with E-state index < -0.39 is 0 Å². The standard InChI is InChI=1S/C10H9N3/c1-2-6-10(12-13-11)9-7-4-3-5-8-9/h1,3-5,7-8,10H,6H2/t10-/m1/s1. The molecule has 0 aromatic heterocycles. The van der Waals surface area contributed by atoms with Crippen molar-refractivity contribution in [3.8, 4) is 12.3 Å². The molecule has 0 saturated heterocycles. The molecule has 0 bridgehead atoms. The van der Waals surface area contributed by atoms with E-state index in [0.717, 1.165) is 5.56 Å². The van der Waals surface area contributed by atoms with Crippen LogP contribution in [0.2, 0.25) is 0 Å². The zero-order valence-corrected chi connectivity index (χ0v) is 7.09. The maximum Gasteiger partial charge on any atom is 0.0734 e. The zero-order chi connectivity index (χ0) is 9.52. The minimum atomic E-state index is -0.240. The Morgan fingerprint density at radius 3 is 2.69 bits per heavy atom. The maximum absolute atomic E-state index is 8.31. The number of rotatable bonds is 3. The van der Waals surface area contributed by atoms with Crippen molar-refractivity contribution in [3.63, 3.8) is 0 Å². The molecular formula is C10H9N3. The lowest BCUT2D eigenvalue weighted by Crippen LogP contribution is -1.91. The van der Waals surface area contributed by atoms with E-state index in [2.05, 4.69) is 15.9 Å². The Morgan fingerprint density at radius 1 is 1.46 bits per heavy atom. The van der Waals surface area contributed by atoms with Crippen molar-refractivity contribution in [1.29, 1.82) is 0 Å². The lowest BCUT2D eigenvalue weighted by atomic mass is 10.1. The highest BCUT2D eigenvalue weighted by molar-refractivity contribution is 5.20. The van der Waals surface area contributed by atoms with Crippen molar-refractivity contribution < 1.29 is 0 Å². The van der Waals surface area contributed by atoms with Crippen LogP contribution in [-0.2, 0) is 0 Å². The summed E-state index contributed by atoms with van der Waals surface area (Å²) in [6.45, 7) is 0. The van der Waals surface area contributed by atoms with Gasteiger partial charge in [-0.1, -0.05) is 35.4 Å². The van der Waals surface area contributed by atoms with Gasteiger partial charge in [-0.05, 0) is 11.1 Å². The van der Waals surface area contributed by atoms with E-state index in [9.17, 15) is 0 Å². The van der Waals surface area contributed by atoms with Crippen LogP contribution in [-0.4, -0.2) is 0 Å². The number of terminal acetylenes is 1. The van der Waals surface area contributed by atoms with E-state index in [1.165, 1.54) is 0 Å². The fourth-order valence-electron chi connectivity index (χ4n) is 1.07. The summed E-state index contributed by atoms with van der Waals surface area (Å²) < 4.78 is 0. The number of hydrogen-bond donors (Lipinski definition) is 0. The summed E-state index contributed by atoms with van der Waals surface area (Å²) in [5.41, 5.74) is 9.27. The molecule has 0 aliphatic carbocycles. The second kappa shape index (κ2) is 4.87. The molecule has 0 N–H and O–H groups in total. The monoisotopic (exact) mass is 171 g/mol. The third kappa shape index (κ3) is 2.55. The summed E-state index contributed by atoms with van der Waals surface area (Å²) in [5, 5.41) is 3.62. The van der Waals surface area contributed by atoms with Crippen molar-refractivity contribution in [2.45, 2.75) is 12.5 Å². The molecule has 0 fully saturated rings. The minimum absolute atomic E-state index is 0.240. The SMILES string of the molecule is C#CC[C@@H](N=[N+]=[N-])c1ccccc1. The Balaban J connectivity index is 2.89. The highest BCUT2D eigenvalue weighted by Crippen LogP contribution is 2.20. The predicted octanol–water partition coefficient (Wildman–Crippen LogP) is 3.06. The van der Waals surface area contributed by atoms with Crippen LogP contribution < -0.4 is 0 Å². The van der Waals surface area contributed by atoms with Crippen LogP contribution in [0.3, 0.4) is 0 Å². The van der Waals surface area contributed by atoms with E-state index in [-0.39, 0.29) is 6.04 Å². The van der Waals surface area contributed by atoms with Gasteiger partial charge in [0.25, 0.3) is 0 Å². The van der Waals surface area contributed by atoms with Gasteiger partial charge >= 0.3 is 0 Å². The molecule has 0 heterocycles. The van der Waals surface area contributed by atoms with Gasteiger partial charge in [0.2, 0.25) is 0 Å². The van der Waals surface area contributed by atoms with E-state index >= 15 is 0 Å². The molecule has 0 amide bonds. The predicted molar refractivity (Wildman–Crippen MR) is 51.8 cm³/mol. The van der Waals surface area contributed by atoms with E-state index in [1.54, 1.807) is 0 Å². The van der Waals surface area contributed by atoms with Gasteiger partial charge in [0.1, 0.15) is 0 Å². The van der Waals surface area contributed by atoms with Gasteiger partial charge in [0.05, 0.1) is 6.04 Å². The molecule has 13 heavy (non-hydrogen) atoms. The lowest BCUT2D eigenvalue weighted by molar-refractivity contribution is 0.747. The summed E-state index contributed by atoms with van der Waals surface area (Å²) in [4.78, 5) is 2.76. The van der Waals surface area contributed by atoms with Crippen LogP contribution >= 0.6 is 0 Å². The molecule has 1 aromatic rings. The highest BCUT2D eigenvalue weighted by Gasteiger charge is 2.05. The Morgan fingerprint density at radius 2 is 2.15 bits per heavy atom. The van der Waals surface area contributed by atoms with Gasteiger partial charge in [-0.3, -0.25) is 0 Å². The largest absolute Gasteiger partial charge is 0.120 e. The average Bonchev–Trinajstić information content (AvgIpc) is 2.19. The molecule has 3 nitrogen and oxygen atoms in total. The zero-order valence-electron chi connectivity index (χ0n) is 7.09. The Labute approximate surface area is 77.0 Å². The van der Waals surface area contributed by atoms with Crippen LogP contribution in [0, 0.1) is 12.3 Å². The molecule has 3 heteroatoms. The first-order valence-corrected chi connectivity index (χ1v) is 3.91. The van der Waals surface area contributed by atoms with Crippen molar-refractivity contribution in [3.05, 3.63) is 46.3 Å². The van der Waals surface area contributed by atoms with Crippen LogP contribution in [0.1, 0.15) is 18.0 Å². The highest BCUT2D eigenvalue weighted by atomic mass is 15.1. The fraction of sp³-hybridized carbons (Fsp3) is 0.200. The van der Waals surface area contributed by atoms with Gasteiger partial charge in [-0.2, -0.15) is 0 Å². The summed E-state index contributed by atoms with van der Waals surface area (Å²) in [5.74, 6) is 2.49. The lowest BCUT2D eigenvalue weighted by Gasteiger charge is -2.06. The molecule has 0 aliphatic rings. The molecule has 1 atom stereocenters. The minimum Gasteiger partial charge on any atom is -0.120 e. The Hall–Kier alpha value is -1.91. The average molecular weight is 171 g/mol. The number of hydrogen-bond acceptors (Lipinski definition) is 1. The molecular weight excluding hydrogens is 162 g/mol. The van der Waals surface area contributed by atoms with Gasteiger partial charge in [-0.25, -0.2) is 0 Å². The molecule has 1 rings (SSSR count). The quantitative estimate of drug-likeness (QED) is 0.290. The molecule has 0 aliphatic heterocycles. The second-order valence-corrected chi connectivity index (χ2v) is 2.54. The molecule has 1 aromatic carbocycles. The smallest absolute Gasteiger partial charge is 0.0734 e.